The number of rotatable bonds is 4. The molecule has 1 fully saturated rings. The van der Waals surface area contributed by atoms with Crippen LogP contribution in [0.15, 0.2) is 18.2 Å². The normalized spacial score (nSPS) is 26.2. The molecule has 0 heterocycles. The molecule has 1 aromatic rings. The Labute approximate surface area is 123 Å². The molecule has 20 heavy (non-hydrogen) atoms. The molecule has 1 aliphatic carbocycles. The molecule has 1 aliphatic rings. The Bertz CT molecular complexity index is 509. The summed E-state index contributed by atoms with van der Waals surface area (Å²) in [6.45, 7) is 2.60. The van der Waals surface area contributed by atoms with E-state index in [0.29, 0.717) is 18.2 Å². The number of nitrogens with zero attached hydrogens (tertiary/aromatic N) is 1. The number of hydrogen-bond donors (Lipinski definition) is 2. The van der Waals surface area contributed by atoms with Crippen LogP contribution in [-0.2, 0) is 0 Å². The van der Waals surface area contributed by atoms with Gasteiger partial charge in [-0.2, -0.15) is 0 Å². The summed E-state index contributed by atoms with van der Waals surface area (Å²) in [7, 11) is 0. The first-order valence-electron chi connectivity index (χ1n) is 6.91. The van der Waals surface area contributed by atoms with Crippen LogP contribution in [0.25, 0.3) is 0 Å². The van der Waals surface area contributed by atoms with Gasteiger partial charge in [-0.05, 0) is 30.9 Å². The molecule has 0 spiro atoms. The first-order valence-corrected chi connectivity index (χ1v) is 7.29. The van der Waals surface area contributed by atoms with E-state index in [1.807, 2.05) is 0 Å². The minimum atomic E-state index is -0.442. The van der Waals surface area contributed by atoms with Crippen LogP contribution >= 0.6 is 11.6 Å². The second-order valence-electron chi connectivity index (χ2n) is 5.53. The number of nitro groups is 1. The van der Waals surface area contributed by atoms with Crippen molar-refractivity contribution in [2.45, 2.75) is 38.1 Å². The summed E-state index contributed by atoms with van der Waals surface area (Å²) < 4.78 is 0. The number of benzene rings is 1. The van der Waals surface area contributed by atoms with Crippen LogP contribution in [0, 0.1) is 16.0 Å². The predicted molar refractivity (Wildman–Crippen MR) is 81.1 cm³/mol. The third-order valence-corrected chi connectivity index (χ3v) is 4.68. The highest BCUT2D eigenvalue weighted by Crippen LogP contribution is 2.40. The lowest BCUT2D eigenvalue weighted by Gasteiger charge is -2.43. The average Bonchev–Trinajstić information content (AvgIpc) is 2.41. The van der Waals surface area contributed by atoms with Gasteiger partial charge in [-0.25, -0.2) is 0 Å². The number of nitrogens with two attached hydrogens (primary N) is 1. The quantitative estimate of drug-likeness (QED) is 0.657. The van der Waals surface area contributed by atoms with Crippen molar-refractivity contribution in [3.63, 3.8) is 0 Å². The van der Waals surface area contributed by atoms with Crippen LogP contribution in [0.1, 0.15) is 32.6 Å². The lowest BCUT2D eigenvalue weighted by molar-refractivity contribution is -0.383. The molecule has 6 heteroatoms. The van der Waals surface area contributed by atoms with E-state index in [4.69, 9.17) is 17.3 Å². The SMILES string of the molecule is CC1CCCCC1(CN)Nc1cccc(Cl)c1[N+](=O)[O-]. The van der Waals surface area contributed by atoms with Crippen LogP contribution in [0.3, 0.4) is 0 Å². The standard InChI is InChI=1S/C14H20ClN3O2/c1-10-5-2-3-8-14(10,9-16)17-12-7-4-6-11(15)13(12)18(19)20/h4,6-7,10,17H,2-3,5,8-9,16H2,1H3. The third-order valence-electron chi connectivity index (χ3n) is 4.37. The lowest BCUT2D eigenvalue weighted by Crippen LogP contribution is -2.52. The highest BCUT2D eigenvalue weighted by atomic mass is 35.5. The number of nitro benzene ring substituents is 1. The van der Waals surface area contributed by atoms with Crippen molar-refractivity contribution in [2.24, 2.45) is 11.7 Å². The van der Waals surface area contributed by atoms with Gasteiger partial charge in [0.1, 0.15) is 10.7 Å². The first kappa shape index (κ1) is 15.1. The van der Waals surface area contributed by atoms with E-state index < -0.39 is 4.92 Å². The fraction of sp³-hybridized carbons (Fsp3) is 0.571. The van der Waals surface area contributed by atoms with Crippen molar-refractivity contribution in [3.8, 4) is 0 Å². The Morgan fingerprint density at radius 1 is 1.55 bits per heavy atom. The molecule has 2 rings (SSSR count). The van der Waals surface area contributed by atoms with Crippen LogP contribution in [0.2, 0.25) is 5.02 Å². The molecule has 0 radical (unpaired) electrons. The summed E-state index contributed by atoms with van der Waals surface area (Å²) in [5, 5.41) is 14.7. The van der Waals surface area contributed by atoms with E-state index in [1.54, 1.807) is 12.1 Å². The summed E-state index contributed by atoms with van der Waals surface area (Å²) >= 11 is 5.95. The maximum Gasteiger partial charge on any atom is 0.310 e. The van der Waals surface area contributed by atoms with Crippen molar-refractivity contribution < 1.29 is 4.92 Å². The van der Waals surface area contributed by atoms with Crippen molar-refractivity contribution in [1.82, 2.24) is 0 Å². The van der Waals surface area contributed by atoms with E-state index in [2.05, 4.69) is 12.2 Å². The summed E-state index contributed by atoms with van der Waals surface area (Å²) in [5.41, 5.74) is 6.08. The van der Waals surface area contributed by atoms with Crippen molar-refractivity contribution in [2.75, 3.05) is 11.9 Å². The van der Waals surface area contributed by atoms with Gasteiger partial charge in [0.15, 0.2) is 0 Å². The zero-order valence-corrected chi connectivity index (χ0v) is 12.3. The smallest absolute Gasteiger partial charge is 0.310 e. The van der Waals surface area contributed by atoms with Crippen LogP contribution in [0.5, 0.6) is 0 Å². The molecule has 0 bridgehead atoms. The summed E-state index contributed by atoms with van der Waals surface area (Å²) in [6, 6.07) is 4.95. The molecule has 0 saturated heterocycles. The van der Waals surface area contributed by atoms with Gasteiger partial charge >= 0.3 is 5.69 Å². The third kappa shape index (κ3) is 2.74. The van der Waals surface area contributed by atoms with E-state index in [0.717, 1.165) is 19.3 Å². The number of para-hydroxylation sites is 1. The Morgan fingerprint density at radius 3 is 2.90 bits per heavy atom. The second kappa shape index (κ2) is 5.97. The summed E-state index contributed by atoms with van der Waals surface area (Å²) in [6.07, 6.45) is 4.28. The zero-order chi connectivity index (χ0) is 14.8. The van der Waals surface area contributed by atoms with Crippen LogP contribution < -0.4 is 11.1 Å². The molecule has 110 valence electrons. The largest absolute Gasteiger partial charge is 0.372 e. The highest BCUT2D eigenvalue weighted by Gasteiger charge is 2.38. The molecule has 1 saturated carbocycles. The van der Waals surface area contributed by atoms with Gasteiger partial charge in [0, 0.05) is 6.54 Å². The van der Waals surface area contributed by atoms with E-state index in [9.17, 15) is 10.1 Å². The molecule has 0 aliphatic heterocycles. The van der Waals surface area contributed by atoms with Crippen LogP contribution in [-0.4, -0.2) is 17.0 Å². The van der Waals surface area contributed by atoms with Crippen molar-refractivity contribution >= 4 is 23.0 Å². The molecule has 3 N–H and O–H groups in total. The highest BCUT2D eigenvalue weighted by molar-refractivity contribution is 6.33. The van der Waals surface area contributed by atoms with Crippen molar-refractivity contribution in [1.29, 1.82) is 0 Å². The zero-order valence-electron chi connectivity index (χ0n) is 11.6. The van der Waals surface area contributed by atoms with Gasteiger partial charge in [-0.1, -0.05) is 37.4 Å². The Morgan fingerprint density at radius 2 is 2.30 bits per heavy atom. The van der Waals surface area contributed by atoms with Crippen molar-refractivity contribution in [3.05, 3.63) is 33.3 Å². The van der Waals surface area contributed by atoms with E-state index in [1.165, 1.54) is 12.5 Å². The minimum Gasteiger partial charge on any atom is -0.372 e. The number of hydrogen-bond acceptors (Lipinski definition) is 4. The molecule has 5 nitrogen and oxygen atoms in total. The maximum absolute atomic E-state index is 11.2. The Hall–Kier alpha value is -1.33. The number of halogens is 1. The van der Waals surface area contributed by atoms with E-state index >= 15 is 0 Å². The molecule has 2 unspecified atom stereocenters. The molecule has 0 aromatic heterocycles. The van der Waals surface area contributed by atoms with Gasteiger partial charge in [0.25, 0.3) is 0 Å². The number of nitrogens with one attached hydrogen (secondary N) is 1. The lowest BCUT2D eigenvalue weighted by atomic mass is 9.73. The van der Waals surface area contributed by atoms with Gasteiger partial charge in [0.05, 0.1) is 10.5 Å². The minimum absolute atomic E-state index is 0.0697. The summed E-state index contributed by atoms with van der Waals surface area (Å²) in [4.78, 5) is 10.8. The van der Waals surface area contributed by atoms with Gasteiger partial charge in [-0.3, -0.25) is 10.1 Å². The van der Waals surface area contributed by atoms with Gasteiger partial charge < -0.3 is 11.1 Å². The average molecular weight is 298 g/mol. The Balaban J connectivity index is 2.37. The topological polar surface area (TPSA) is 81.2 Å². The van der Waals surface area contributed by atoms with Gasteiger partial charge in [0.2, 0.25) is 0 Å². The molecule has 2 atom stereocenters. The first-order chi connectivity index (χ1) is 9.50. The van der Waals surface area contributed by atoms with E-state index in [-0.39, 0.29) is 16.2 Å². The fourth-order valence-corrected chi connectivity index (χ4v) is 3.27. The fourth-order valence-electron chi connectivity index (χ4n) is 3.02. The predicted octanol–water partition coefficient (Wildman–Crippen LogP) is 3.57. The molecular formula is C14H20ClN3O2. The summed E-state index contributed by atoms with van der Waals surface area (Å²) in [5.74, 6) is 0.375. The maximum atomic E-state index is 11.2. The Kier molecular flexibility index (Phi) is 4.50. The van der Waals surface area contributed by atoms with Gasteiger partial charge in [-0.15, -0.1) is 0 Å². The number of anilines is 1. The van der Waals surface area contributed by atoms with Crippen LogP contribution in [0.4, 0.5) is 11.4 Å². The molecule has 0 amide bonds. The second-order valence-corrected chi connectivity index (χ2v) is 5.93. The monoisotopic (exact) mass is 297 g/mol. The molecular weight excluding hydrogens is 278 g/mol. The molecule has 1 aromatic carbocycles.